The van der Waals surface area contributed by atoms with Crippen LogP contribution in [0, 0.1) is 0 Å². The predicted octanol–water partition coefficient (Wildman–Crippen LogP) is 4.53. The van der Waals surface area contributed by atoms with Crippen molar-refractivity contribution in [2.75, 3.05) is 7.05 Å². The van der Waals surface area contributed by atoms with Gasteiger partial charge in [-0.1, -0.05) is 48.0 Å². The highest BCUT2D eigenvalue weighted by atomic mass is 35.5. The first-order chi connectivity index (χ1) is 9.79. The first-order valence-corrected chi connectivity index (χ1v) is 7.71. The van der Waals surface area contributed by atoms with E-state index in [-0.39, 0.29) is 6.04 Å². The average Bonchev–Trinajstić information content (AvgIpc) is 2.50. The van der Waals surface area contributed by atoms with Gasteiger partial charge in [0.25, 0.3) is 0 Å². The summed E-state index contributed by atoms with van der Waals surface area (Å²) in [5.74, 6) is 0. The van der Waals surface area contributed by atoms with E-state index < -0.39 is 0 Å². The zero-order valence-corrected chi connectivity index (χ0v) is 12.6. The Morgan fingerprint density at radius 1 is 1.00 bits per heavy atom. The van der Waals surface area contributed by atoms with Crippen LogP contribution in [-0.4, -0.2) is 7.05 Å². The molecular weight excluding hydrogens is 266 g/mol. The average molecular weight is 286 g/mol. The molecule has 2 heteroatoms. The van der Waals surface area contributed by atoms with Crippen LogP contribution in [0.5, 0.6) is 0 Å². The summed E-state index contributed by atoms with van der Waals surface area (Å²) in [5, 5.41) is 4.22. The molecule has 0 aliphatic heterocycles. The van der Waals surface area contributed by atoms with Crippen LogP contribution in [0.4, 0.5) is 0 Å². The van der Waals surface area contributed by atoms with Gasteiger partial charge in [-0.05, 0) is 61.1 Å². The van der Waals surface area contributed by atoms with E-state index in [9.17, 15) is 0 Å². The fourth-order valence-corrected chi connectivity index (χ4v) is 3.39. The van der Waals surface area contributed by atoms with Crippen LogP contribution < -0.4 is 5.32 Å². The Morgan fingerprint density at radius 2 is 1.75 bits per heavy atom. The van der Waals surface area contributed by atoms with Crippen molar-refractivity contribution in [1.82, 2.24) is 5.32 Å². The summed E-state index contributed by atoms with van der Waals surface area (Å²) in [4.78, 5) is 0. The first-order valence-electron chi connectivity index (χ1n) is 7.33. The second-order valence-corrected chi connectivity index (χ2v) is 5.89. The molecule has 0 heterocycles. The van der Waals surface area contributed by atoms with Crippen molar-refractivity contribution in [1.29, 1.82) is 0 Å². The minimum atomic E-state index is 0.163. The van der Waals surface area contributed by atoms with Gasteiger partial charge in [0, 0.05) is 5.02 Å². The monoisotopic (exact) mass is 285 g/mol. The largest absolute Gasteiger partial charge is 0.309 e. The van der Waals surface area contributed by atoms with Gasteiger partial charge < -0.3 is 5.32 Å². The topological polar surface area (TPSA) is 12.0 Å². The molecule has 2 aromatic carbocycles. The molecule has 0 amide bonds. The van der Waals surface area contributed by atoms with Crippen molar-refractivity contribution in [2.45, 2.75) is 31.7 Å². The normalized spacial score (nSPS) is 15.7. The fourth-order valence-electron chi connectivity index (χ4n) is 3.14. The molecule has 3 rings (SSSR count). The summed E-state index contributed by atoms with van der Waals surface area (Å²) >= 11 is 6.35. The maximum Gasteiger partial charge on any atom is 0.0589 e. The van der Waals surface area contributed by atoms with Gasteiger partial charge in [0.1, 0.15) is 0 Å². The summed E-state index contributed by atoms with van der Waals surface area (Å²) in [6.07, 6.45) is 5.08. The summed E-state index contributed by atoms with van der Waals surface area (Å²) in [5.41, 5.74) is 5.49. The van der Waals surface area contributed by atoms with E-state index >= 15 is 0 Å². The number of halogens is 1. The van der Waals surface area contributed by atoms with E-state index in [0.29, 0.717) is 0 Å². The third kappa shape index (κ3) is 2.61. The summed E-state index contributed by atoms with van der Waals surface area (Å²) in [6, 6.07) is 15.1. The van der Waals surface area contributed by atoms with Crippen LogP contribution in [0.2, 0.25) is 5.02 Å². The van der Waals surface area contributed by atoms with Crippen molar-refractivity contribution in [3.8, 4) is 0 Å². The number of benzene rings is 2. The van der Waals surface area contributed by atoms with Gasteiger partial charge in [0.15, 0.2) is 0 Å². The second kappa shape index (κ2) is 5.99. The molecule has 1 aliphatic rings. The van der Waals surface area contributed by atoms with Crippen LogP contribution >= 0.6 is 11.6 Å². The van der Waals surface area contributed by atoms with Crippen molar-refractivity contribution in [3.05, 3.63) is 69.7 Å². The summed E-state index contributed by atoms with van der Waals surface area (Å²) < 4.78 is 0. The molecular formula is C18H20ClN. The second-order valence-electron chi connectivity index (χ2n) is 5.48. The molecule has 1 nitrogen and oxygen atoms in total. The number of fused-ring (bicyclic) bond motifs is 1. The SMILES string of the molecule is CNC(c1ccc2c(c1)CCCC2)c1ccccc1Cl. The van der Waals surface area contributed by atoms with E-state index in [1.165, 1.54) is 42.4 Å². The fraction of sp³-hybridized carbons (Fsp3) is 0.333. The number of hydrogen-bond acceptors (Lipinski definition) is 1. The maximum absolute atomic E-state index is 6.35. The summed E-state index contributed by atoms with van der Waals surface area (Å²) in [6.45, 7) is 0. The van der Waals surface area contributed by atoms with Crippen LogP contribution in [0.25, 0.3) is 0 Å². The molecule has 0 spiro atoms. The Balaban J connectivity index is 1.99. The highest BCUT2D eigenvalue weighted by Crippen LogP contribution is 2.30. The Morgan fingerprint density at radius 3 is 2.50 bits per heavy atom. The van der Waals surface area contributed by atoms with E-state index in [1.54, 1.807) is 0 Å². The molecule has 2 aromatic rings. The minimum Gasteiger partial charge on any atom is -0.309 e. The van der Waals surface area contributed by atoms with Gasteiger partial charge in [0.05, 0.1) is 6.04 Å². The molecule has 1 atom stereocenters. The van der Waals surface area contributed by atoms with Crippen LogP contribution in [0.1, 0.15) is 41.1 Å². The van der Waals surface area contributed by atoms with E-state index in [2.05, 4.69) is 29.6 Å². The molecule has 20 heavy (non-hydrogen) atoms. The molecule has 0 saturated carbocycles. The molecule has 104 valence electrons. The zero-order chi connectivity index (χ0) is 13.9. The molecule has 1 aliphatic carbocycles. The van der Waals surface area contributed by atoms with Crippen LogP contribution in [0.3, 0.4) is 0 Å². The van der Waals surface area contributed by atoms with Gasteiger partial charge in [-0.3, -0.25) is 0 Å². The van der Waals surface area contributed by atoms with Crippen LogP contribution in [0.15, 0.2) is 42.5 Å². The van der Waals surface area contributed by atoms with Crippen LogP contribution in [-0.2, 0) is 12.8 Å². The standard InChI is InChI=1S/C18H20ClN/c1-20-18(16-8-4-5-9-17(16)19)15-11-10-13-6-2-3-7-14(13)12-15/h4-5,8-12,18,20H,2-3,6-7H2,1H3. The minimum absolute atomic E-state index is 0.163. The molecule has 0 bridgehead atoms. The van der Waals surface area contributed by atoms with Gasteiger partial charge in [-0.2, -0.15) is 0 Å². The van der Waals surface area contributed by atoms with Crippen molar-refractivity contribution < 1.29 is 0 Å². The molecule has 0 saturated heterocycles. The van der Waals surface area contributed by atoms with E-state index in [4.69, 9.17) is 11.6 Å². The van der Waals surface area contributed by atoms with Gasteiger partial charge in [-0.25, -0.2) is 0 Å². The Labute approximate surface area is 126 Å². The Kier molecular flexibility index (Phi) is 4.09. The Hall–Kier alpha value is -1.31. The molecule has 1 N–H and O–H groups in total. The lowest BCUT2D eigenvalue weighted by Crippen LogP contribution is -2.18. The highest BCUT2D eigenvalue weighted by molar-refractivity contribution is 6.31. The predicted molar refractivity (Wildman–Crippen MR) is 85.4 cm³/mol. The number of nitrogens with one attached hydrogen (secondary N) is 1. The molecule has 1 unspecified atom stereocenters. The molecule has 0 aromatic heterocycles. The lowest BCUT2D eigenvalue weighted by atomic mass is 9.88. The molecule has 0 radical (unpaired) electrons. The number of aryl methyl sites for hydroxylation is 2. The van der Waals surface area contributed by atoms with Crippen molar-refractivity contribution in [2.24, 2.45) is 0 Å². The third-order valence-electron chi connectivity index (χ3n) is 4.21. The number of rotatable bonds is 3. The van der Waals surface area contributed by atoms with Gasteiger partial charge in [0.2, 0.25) is 0 Å². The lowest BCUT2D eigenvalue weighted by molar-refractivity contribution is 0.668. The zero-order valence-electron chi connectivity index (χ0n) is 11.8. The quantitative estimate of drug-likeness (QED) is 0.874. The van der Waals surface area contributed by atoms with Gasteiger partial charge in [-0.15, -0.1) is 0 Å². The highest BCUT2D eigenvalue weighted by Gasteiger charge is 2.17. The van der Waals surface area contributed by atoms with Crippen molar-refractivity contribution in [3.63, 3.8) is 0 Å². The lowest BCUT2D eigenvalue weighted by Gasteiger charge is -2.22. The Bertz CT molecular complexity index is 606. The van der Waals surface area contributed by atoms with E-state index in [1.807, 2.05) is 25.2 Å². The van der Waals surface area contributed by atoms with E-state index in [0.717, 1.165) is 10.6 Å². The van der Waals surface area contributed by atoms with Crippen molar-refractivity contribution >= 4 is 11.6 Å². The van der Waals surface area contributed by atoms with Gasteiger partial charge >= 0.3 is 0 Å². The summed E-state index contributed by atoms with van der Waals surface area (Å²) in [7, 11) is 1.99. The molecule has 0 fully saturated rings. The smallest absolute Gasteiger partial charge is 0.0589 e. The first kappa shape index (κ1) is 13.7. The third-order valence-corrected chi connectivity index (χ3v) is 4.55. The number of hydrogen-bond donors (Lipinski definition) is 1. The maximum atomic E-state index is 6.35.